The summed E-state index contributed by atoms with van der Waals surface area (Å²) in [6.45, 7) is 5.29. The normalized spacial score (nSPS) is 22.4. The third-order valence-electron chi connectivity index (χ3n) is 14.2. The summed E-state index contributed by atoms with van der Waals surface area (Å²) in [6, 6.07) is 18.4. The molecule has 6 aromatic rings. The first kappa shape index (κ1) is 42.9. The van der Waals surface area contributed by atoms with Gasteiger partial charge in [-0.3, -0.25) is 9.59 Å². The highest BCUT2D eigenvalue weighted by Crippen LogP contribution is 2.53. The summed E-state index contributed by atoms with van der Waals surface area (Å²) >= 11 is 0. The highest BCUT2D eigenvalue weighted by molar-refractivity contribution is 6.58. The number of nitrogens with one attached hydrogen (secondary N) is 3. The van der Waals surface area contributed by atoms with Crippen LogP contribution in [0.1, 0.15) is 65.3 Å². The fourth-order valence-electron chi connectivity index (χ4n) is 11.6. The van der Waals surface area contributed by atoms with E-state index in [4.69, 9.17) is 23.7 Å². The van der Waals surface area contributed by atoms with Crippen molar-refractivity contribution in [2.24, 2.45) is 0 Å². The van der Waals surface area contributed by atoms with E-state index in [1.165, 1.54) is 0 Å². The second-order valence-corrected chi connectivity index (χ2v) is 18.1. The second kappa shape index (κ2) is 16.6. The van der Waals surface area contributed by atoms with Crippen molar-refractivity contribution in [3.05, 3.63) is 101 Å². The Hall–Kier alpha value is -5.69. The fourth-order valence-corrected chi connectivity index (χ4v) is 11.6. The number of fused-ring (bicyclic) bond motifs is 15. The van der Waals surface area contributed by atoms with Crippen LogP contribution in [0.4, 0.5) is 8.63 Å². The molecular weight excluding hydrogens is 847 g/mol. The number of hydrogen-bond donors (Lipinski definition) is 3. The summed E-state index contributed by atoms with van der Waals surface area (Å²) in [6.07, 6.45) is 5.37. The molecule has 0 aliphatic carbocycles. The molecule has 1 saturated heterocycles. The van der Waals surface area contributed by atoms with Gasteiger partial charge in [0.1, 0.15) is 18.0 Å². The molecule has 14 nitrogen and oxygen atoms in total. The van der Waals surface area contributed by atoms with E-state index < -0.39 is 12.7 Å². The van der Waals surface area contributed by atoms with Crippen molar-refractivity contribution in [2.75, 3.05) is 59.8 Å². The quantitative estimate of drug-likeness (QED) is 0.0709. The standard InChI is InChI=1S/C49H54BF2N7O7/c1-29-25-30(2)58-39(29)26-32-14-13-31(59(32)50(58,51)52)15-16-40(60)54-18-20-64-22-24-65-23-21-63-19-17-53-36-27-41-56-37-11-7-5-9-33(37)43-44-35(28-55-48(44)61)42-34-10-6-8-12-38(34)57(46(42)45(43)56)49(3,66-41)47(36)62-4/h5-14,25-26,36,41,47,53H,15-24,27-28H2,1-4H3,(H,54,60)(H,55,61)/t36-,41-,47-,49+/m1/s1. The lowest BCUT2D eigenvalue weighted by molar-refractivity contribution is -0.362. The molecule has 1 fully saturated rings. The maximum Gasteiger partial charge on any atom is 0.737 e. The predicted octanol–water partition coefficient (Wildman–Crippen LogP) is 6.39. The summed E-state index contributed by atoms with van der Waals surface area (Å²) in [7, 11) is 1.75. The third kappa shape index (κ3) is 6.60. The first-order chi connectivity index (χ1) is 32.0. The molecular formula is C49H54BF2N7O7. The molecule has 0 spiro atoms. The van der Waals surface area contributed by atoms with Crippen LogP contribution in [-0.2, 0) is 40.7 Å². The molecule has 0 unspecified atom stereocenters. The topological polar surface area (TPSA) is 134 Å². The fraction of sp³-hybridized carbons (Fsp3) is 0.408. The van der Waals surface area contributed by atoms with Gasteiger partial charge in [-0.2, -0.15) is 0 Å². The van der Waals surface area contributed by atoms with Crippen LogP contribution in [0.2, 0.25) is 0 Å². The van der Waals surface area contributed by atoms with E-state index in [1.807, 2.05) is 19.1 Å². The Labute approximate surface area is 380 Å². The lowest BCUT2D eigenvalue weighted by atomic mass is 9.90. The monoisotopic (exact) mass is 901 g/mol. The zero-order valence-electron chi connectivity index (χ0n) is 37.6. The van der Waals surface area contributed by atoms with Crippen molar-refractivity contribution in [1.29, 1.82) is 0 Å². The van der Waals surface area contributed by atoms with E-state index in [1.54, 1.807) is 38.3 Å². The van der Waals surface area contributed by atoms with Gasteiger partial charge in [0.05, 0.1) is 67.3 Å². The van der Waals surface area contributed by atoms with E-state index in [0.29, 0.717) is 88.5 Å². The van der Waals surface area contributed by atoms with Crippen molar-refractivity contribution in [1.82, 2.24) is 29.6 Å². The molecule has 3 aromatic heterocycles. The van der Waals surface area contributed by atoms with Crippen molar-refractivity contribution < 1.29 is 46.4 Å². The number of methoxy groups -OCH3 is 1. The van der Waals surface area contributed by atoms with Gasteiger partial charge in [-0.1, -0.05) is 36.4 Å². The Kier molecular flexibility index (Phi) is 10.8. The van der Waals surface area contributed by atoms with Crippen molar-refractivity contribution in [2.45, 2.75) is 70.7 Å². The van der Waals surface area contributed by atoms with E-state index in [0.717, 1.165) is 69.3 Å². The SMILES string of the molecule is CO[C@@H]1[C@H](NCCOCCOCCOCCNC(=O)CCC2=[N+]3C(=Cc4c(C)cc(C)n4[B-]3(F)F)C=C2)C[C@H]2O[C@]1(C)n1c3ccccc3c3c4c(c5c6ccccc6n2c5c31)C(=O)NC4. The number of allylic oxidation sites excluding steroid dienone is 2. The Morgan fingerprint density at radius 2 is 1.64 bits per heavy atom. The van der Waals surface area contributed by atoms with E-state index in [-0.39, 0.29) is 43.0 Å². The number of benzene rings is 3. The molecule has 3 aromatic carbocycles. The summed E-state index contributed by atoms with van der Waals surface area (Å²) in [5, 5.41) is 13.9. The largest absolute Gasteiger partial charge is 0.737 e. The van der Waals surface area contributed by atoms with Gasteiger partial charge in [-0.05, 0) is 55.8 Å². The minimum absolute atomic E-state index is 0.0426. The Morgan fingerprint density at radius 3 is 2.39 bits per heavy atom. The van der Waals surface area contributed by atoms with Gasteiger partial charge in [0.25, 0.3) is 5.91 Å². The number of nitrogens with zero attached hydrogens (tertiary/aromatic N) is 4. The number of aromatic nitrogens is 3. The number of carbonyl (C=O) groups is 2. The lowest BCUT2D eigenvalue weighted by Gasteiger charge is -2.48. The van der Waals surface area contributed by atoms with Crippen LogP contribution in [0.15, 0.2) is 72.4 Å². The maximum absolute atomic E-state index is 15.7. The number of aryl methyl sites for hydroxylation is 2. The molecule has 66 heavy (non-hydrogen) atoms. The average molecular weight is 902 g/mol. The van der Waals surface area contributed by atoms with Crippen molar-refractivity contribution in [3.63, 3.8) is 0 Å². The third-order valence-corrected chi connectivity index (χ3v) is 14.2. The van der Waals surface area contributed by atoms with Crippen LogP contribution in [-0.4, -0.2) is 115 Å². The van der Waals surface area contributed by atoms with Gasteiger partial charge in [0.2, 0.25) is 5.91 Å². The molecule has 344 valence electrons. The van der Waals surface area contributed by atoms with E-state index in [2.05, 4.69) is 68.4 Å². The van der Waals surface area contributed by atoms with Crippen molar-refractivity contribution >= 4 is 74.2 Å². The Balaban J connectivity index is 0.654. The Bertz CT molecular complexity index is 3080. The number of ether oxygens (including phenoxy) is 5. The molecule has 2 amide bonds. The lowest BCUT2D eigenvalue weighted by Crippen LogP contribution is -2.60. The van der Waals surface area contributed by atoms with Gasteiger partial charge in [-0.15, -0.1) is 0 Å². The molecule has 8 heterocycles. The highest BCUT2D eigenvalue weighted by Gasteiger charge is 2.54. The van der Waals surface area contributed by atoms with Crippen molar-refractivity contribution in [3.8, 4) is 0 Å². The number of para-hydroxylation sites is 2. The van der Waals surface area contributed by atoms with Gasteiger partial charge >= 0.3 is 6.97 Å². The highest BCUT2D eigenvalue weighted by atomic mass is 19.2. The van der Waals surface area contributed by atoms with Crippen LogP contribution < -0.4 is 16.0 Å². The van der Waals surface area contributed by atoms with E-state index in [9.17, 15) is 9.59 Å². The molecule has 3 N–H and O–H groups in total. The van der Waals surface area contributed by atoms with Crippen LogP contribution >= 0.6 is 0 Å². The number of hydrogen-bond acceptors (Lipinski definition) is 8. The number of halogens is 2. The first-order valence-electron chi connectivity index (χ1n) is 23.0. The van der Waals surface area contributed by atoms with Crippen LogP contribution in [0.25, 0.3) is 49.7 Å². The van der Waals surface area contributed by atoms with Gasteiger partial charge in [0, 0.05) is 97.5 Å². The van der Waals surface area contributed by atoms with Crippen LogP contribution in [0, 0.1) is 13.8 Å². The van der Waals surface area contributed by atoms with E-state index >= 15 is 8.63 Å². The molecule has 2 bridgehead atoms. The number of amides is 2. The number of carbonyl (C=O) groups excluding carboxylic acids is 2. The molecule has 0 radical (unpaired) electrons. The molecule has 5 aliphatic heterocycles. The summed E-state index contributed by atoms with van der Waals surface area (Å²) in [5.41, 5.74) is 7.74. The van der Waals surface area contributed by atoms with Crippen LogP contribution in [0.3, 0.4) is 0 Å². The molecule has 17 heteroatoms. The minimum atomic E-state index is -4.05. The van der Waals surface area contributed by atoms with Gasteiger partial charge in [0.15, 0.2) is 11.4 Å². The average Bonchev–Trinajstić information content (AvgIpc) is 4.11. The minimum Gasteiger partial charge on any atom is -0.394 e. The van der Waals surface area contributed by atoms with Gasteiger partial charge < -0.3 is 66.4 Å². The maximum atomic E-state index is 15.7. The number of rotatable bonds is 17. The van der Waals surface area contributed by atoms with Gasteiger partial charge in [-0.25, -0.2) is 0 Å². The molecule has 5 aliphatic rings. The molecule has 11 rings (SSSR count). The Morgan fingerprint density at radius 1 is 0.939 bits per heavy atom. The summed E-state index contributed by atoms with van der Waals surface area (Å²) < 4.78 is 69.2. The summed E-state index contributed by atoms with van der Waals surface area (Å²) in [4.78, 5) is 26.2. The zero-order valence-corrected chi connectivity index (χ0v) is 37.6. The smallest absolute Gasteiger partial charge is 0.394 e. The predicted molar refractivity (Wildman–Crippen MR) is 249 cm³/mol. The molecule has 0 saturated carbocycles. The summed E-state index contributed by atoms with van der Waals surface area (Å²) in [5.74, 6) is -0.265. The zero-order chi connectivity index (χ0) is 45.5. The second-order valence-electron chi connectivity index (χ2n) is 18.1. The molecule has 4 atom stereocenters. The van der Waals surface area contributed by atoms with Crippen LogP contribution in [0.5, 0.6) is 0 Å². The first-order valence-corrected chi connectivity index (χ1v) is 23.0.